The van der Waals surface area contributed by atoms with Crippen LogP contribution in [0, 0.1) is 0 Å². The van der Waals surface area contributed by atoms with Crippen molar-refractivity contribution in [2.75, 3.05) is 26.2 Å². The Morgan fingerprint density at radius 3 is 1.31 bits per heavy atom. The molecule has 0 bridgehead atoms. The summed E-state index contributed by atoms with van der Waals surface area (Å²) >= 11 is 0. The maximum Gasteiger partial charge on any atom is 0.469 e. The van der Waals surface area contributed by atoms with E-state index in [1.54, 1.807) is 0 Å². The van der Waals surface area contributed by atoms with Crippen molar-refractivity contribution in [2.24, 2.45) is 0 Å². The summed E-state index contributed by atoms with van der Waals surface area (Å²) in [7, 11) is -4.33. The van der Waals surface area contributed by atoms with E-state index < -0.39 is 7.82 Å². The fraction of sp³-hybridized carbons (Fsp3) is 1.00. The third kappa shape index (κ3) is 24.2. The average molecular weight is 436 g/mol. The lowest BCUT2D eigenvalue weighted by Crippen LogP contribution is -2.28. The lowest BCUT2D eigenvalue weighted by molar-refractivity contribution is 0.177. The highest BCUT2D eigenvalue weighted by atomic mass is 31.2. The van der Waals surface area contributed by atoms with Gasteiger partial charge in [0.15, 0.2) is 0 Å². The van der Waals surface area contributed by atoms with Crippen molar-refractivity contribution in [2.45, 2.75) is 123 Å². The molecule has 2 N–H and O–H groups in total. The molecule has 0 aromatic carbocycles. The predicted molar refractivity (Wildman–Crippen MR) is 124 cm³/mol. The van der Waals surface area contributed by atoms with E-state index in [9.17, 15) is 4.57 Å². The van der Waals surface area contributed by atoms with Crippen LogP contribution in [-0.4, -0.2) is 40.9 Å². The molecular weight excluding hydrogens is 385 g/mol. The first-order valence-electron chi connectivity index (χ1n) is 12.4. The Morgan fingerprint density at radius 1 is 0.586 bits per heavy atom. The monoisotopic (exact) mass is 435 g/mol. The minimum Gasteiger partial charge on any atom is -0.303 e. The minimum atomic E-state index is -4.33. The van der Waals surface area contributed by atoms with Gasteiger partial charge in [0, 0.05) is 6.54 Å². The molecule has 0 fully saturated rings. The largest absolute Gasteiger partial charge is 0.469 e. The van der Waals surface area contributed by atoms with E-state index in [0.29, 0.717) is 6.42 Å². The third-order valence-corrected chi connectivity index (χ3v) is 6.05. The quantitative estimate of drug-likeness (QED) is 0.133. The fourth-order valence-corrected chi connectivity index (χ4v) is 4.11. The first-order chi connectivity index (χ1) is 14.0. The first-order valence-corrected chi connectivity index (χ1v) is 13.9. The van der Waals surface area contributed by atoms with E-state index in [0.717, 1.165) is 19.6 Å². The van der Waals surface area contributed by atoms with Gasteiger partial charge in [0.05, 0.1) is 6.61 Å². The Morgan fingerprint density at radius 2 is 0.931 bits per heavy atom. The van der Waals surface area contributed by atoms with Crippen LogP contribution in [-0.2, 0) is 9.09 Å². The summed E-state index contributed by atoms with van der Waals surface area (Å²) in [6.07, 6.45) is 21.9. The highest BCUT2D eigenvalue weighted by Crippen LogP contribution is 2.35. The summed E-state index contributed by atoms with van der Waals surface area (Å²) in [6.45, 7) is 7.71. The molecule has 0 aliphatic rings. The smallest absolute Gasteiger partial charge is 0.303 e. The van der Waals surface area contributed by atoms with Crippen LogP contribution in [0.4, 0.5) is 0 Å². The molecule has 0 unspecified atom stereocenters. The minimum absolute atomic E-state index is 0.135. The SMILES string of the molecule is CCCCCCCCCCN(CCCCCCCCCC)CCCOP(=O)(O)O. The van der Waals surface area contributed by atoms with Gasteiger partial charge in [-0.15, -0.1) is 0 Å². The second kappa shape index (κ2) is 21.3. The topological polar surface area (TPSA) is 70.0 Å². The van der Waals surface area contributed by atoms with E-state index in [2.05, 4.69) is 23.3 Å². The van der Waals surface area contributed by atoms with Gasteiger partial charge in [-0.05, 0) is 32.4 Å². The molecule has 29 heavy (non-hydrogen) atoms. The summed E-state index contributed by atoms with van der Waals surface area (Å²) in [4.78, 5) is 20.1. The predicted octanol–water partition coefficient (Wildman–Crippen LogP) is 7.07. The lowest BCUT2D eigenvalue weighted by atomic mass is 10.1. The molecule has 0 rings (SSSR count). The van der Waals surface area contributed by atoms with Crippen LogP contribution in [0.5, 0.6) is 0 Å². The van der Waals surface area contributed by atoms with Gasteiger partial charge in [-0.25, -0.2) is 4.57 Å². The highest BCUT2D eigenvalue weighted by Gasteiger charge is 2.13. The van der Waals surface area contributed by atoms with Crippen LogP contribution < -0.4 is 0 Å². The Hall–Kier alpha value is 0.0700. The van der Waals surface area contributed by atoms with E-state index in [1.165, 1.54) is 103 Å². The van der Waals surface area contributed by atoms with Gasteiger partial charge in [-0.1, -0.05) is 104 Å². The van der Waals surface area contributed by atoms with Crippen molar-refractivity contribution in [3.05, 3.63) is 0 Å². The van der Waals surface area contributed by atoms with Crippen molar-refractivity contribution in [1.82, 2.24) is 4.90 Å². The molecule has 0 atom stereocenters. The number of phosphoric ester groups is 1. The van der Waals surface area contributed by atoms with Gasteiger partial charge in [-0.3, -0.25) is 4.52 Å². The molecular formula is C23H50NO4P. The van der Waals surface area contributed by atoms with Crippen molar-refractivity contribution < 1.29 is 18.9 Å². The Bertz CT molecular complexity index is 356. The molecule has 0 amide bonds. The van der Waals surface area contributed by atoms with Crippen LogP contribution in [0.2, 0.25) is 0 Å². The van der Waals surface area contributed by atoms with Crippen LogP contribution in [0.3, 0.4) is 0 Å². The molecule has 0 saturated carbocycles. The van der Waals surface area contributed by atoms with Gasteiger partial charge in [0.1, 0.15) is 0 Å². The molecule has 0 saturated heterocycles. The second-order valence-electron chi connectivity index (χ2n) is 8.47. The normalized spacial score (nSPS) is 12.2. The Labute approximate surface area is 181 Å². The van der Waals surface area contributed by atoms with Crippen molar-refractivity contribution in [1.29, 1.82) is 0 Å². The summed E-state index contributed by atoms with van der Waals surface area (Å²) in [6, 6.07) is 0. The maximum atomic E-state index is 10.8. The molecule has 5 nitrogen and oxygen atoms in total. The molecule has 176 valence electrons. The van der Waals surface area contributed by atoms with Crippen LogP contribution in [0.1, 0.15) is 123 Å². The maximum absolute atomic E-state index is 10.8. The van der Waals surface area contributed by atoms with Crippen molar-refractivity contribution in [3.8, 4) is 0 Å². The molecule has 0 heterocycles. The summed E-state index contributed by atoms with van der Waals surface area (Å²) in [5.41, 5.74) is 0. The van der Waals surface area contributed by atoms with Gasteiger partial charge in [0.2, 0.25) is 0 Å². The molecule has 0 radical (unpaired) electrons. The molecule has 0 aliphatic heterocycles. The van der Waals surface area contributed by atoms with Crippen LogP contribution in [0.25, 0.3) is 0 Å². The average Bonchev–Trinajstić information content (AvgIpc) is 2.67. The van der Waals surface area contributed by atoms with Crippen molar-refractivity contribution >= 4 is 7.82 Å². The molecule has 6 heteroatoms. The number of nitrogens with zero attached hydrogens (tertiary/aromatic N) is 1. The zero-order chi connectivity index (χ0) is 21.6. The lowest BCUT2D eigenvalue weighted by Gasteiger charge is -2.22. The molecule has 0 spiro atoms. The summed E-state index contributed by atoms with van der Waals surface area (Å²) in [5.74, 6) is 0. The number of phosphoric acid groups is 1. The number of hydrogen-bond acceptors (Lipinski definition) is 3. The standard InChI is InChI=1S/C23H50NO4P/c1-3-5-7-9-11-13-15-17-20-24(22-19-23-28-29(25,26)27)21-18-16-14-12-10-8-6-4-2/h3-23H2,1-2H3,(H2,25,26,27). The molecule has 0 aromatic heterocycles. The van der Waals surface area contributed by atoms with Gasteiger partial charge in [0.25, 0.3) is 0 Å². The molecule has 0 aliphatic carbocycles. The highest BCUT2D eigenvalue weighted by molar-refractivity contribution is 7.46. The van der Waals surface area contributed by atoms with E-state index in [1.807, 2.05) is 0 Å². The summed E-state index contributed by atoms with van der Waals surface area (Å²) < 4.78 is 15.4. The van der Waals surface area contributed by atoms with Gasteiger partial charge >= 0.3 is 7.82 Å². The Balaban J connectivity index is 3.89. The molecule has 0 aromatic rings. The first kappa shape index (κ1) is 29.1. The number of rotatable bonds is 23. The Kier molecular flexibility index (Phi) is 21.4. The summed E-state index contributed by atoms with van der Waals surface area (Å²) in [5, 5.41) is 0. The van der Waals surface area contributed by atoms with Crippen LogP contribution >= 0.6 is 7.82 Å². The number of hydrogen-bond donors (Lipinski definition) is 2. The van der Waals surface area contributed by atoms with Crippen molar-refractivity contribution in [3.63, 3.8) is 0 Å². The number of unbranched alkanes of at least 4 members (excludes halogenated alkanes) is 14. The second-order valence-corrected chi connectivity index (χ2v) is 9.71. The zero-order valence-electron chi connectivity index (χ0n) is 19.5. The fourth-order valence-electron chi connectivity index (χ4n) is 3.75. The van der Waals surface area contributed by atoms with Crippen LogP contribution in [0.15, 0.2) is 0 Å². The zero-order valence-corrected chi connectivity index (χ0v) is 20.3. The van der Waals surface area contributed by atoms with E-state index in [4.69, 9.17) is 9.79 Å². The van der Waals surface area contributed by atoms with E-state index in [-0.39, 0.29) is 6.61 Å². The van der Waals surface area contributed by atoms with Gasteiger partial charge in [-0.2, -0.15) is 0 Å². The third-order valence-electron chi connectivity index (χ3n) is 5.53. The van der Waals surface area contributed by atoms with E-state index >= 15 is 0 Å². The van der Waals surface area contributed by atoms with Gasteiger partial charge < -0.3 is 14.7 Å².